The van der Waals surface area contributed by atoms with E-state index in [-0.39, 0.29) is 11.8 Å². The molecule has 0 saturated carbocycles. The van der Waals surface area contributed by atoms with Crippen LogP contribution in [0.1, 0.15) is 31.4 Å². The van der Waals surface area contributed by atoms with Crippen LogP contribution < -0.4 is 5.32 Å². The van der Waals surface area contributed by atoms with Crippen molar-refractivity contribution in [1.29, 1.82) is 0 Å². The maximum absolute atomic E-state index is 11.8. The first kappa shape index (κ1) is 16.2. The third-order valence-electron chi connectivity index (χ3n) is 3.13. The van der Waals surface area contributed by atoms with Crippen LogP contribution in [0.3, 0.4) is 0 Å². The molecule has 0 heterocycles. The van der Waals surface area contributed by atoms with E-state index in [0.717, 1.165) is 18.5 Å². The van der Waals surface area contributed by atoms with Crippen LogP contribution in [-0.2, 0) is 16.0 Å². The smallest absolute Gasteiger partial charge is 0.224 e. The molecule has 0 aliphatic carbocycles. The zero-order valence-electron chi connectivity index (χ0n) is 12.6. The van der Waals surface area contributed by atoms with Crippen LogP contribution in [0.2, 0.25) is 0 Å². The van der Waals surface area contributed by atoms with Crippen LogP contribution >= 0.6 is 0 Å². The maximum atomic E-state index is 11.8. The normalized spacial score (nSPS) is 10.2. The molecule has 1 N–H and O–H groups in total. The summed E-state index contributed by atoms with van der Waals surface area (Å²) in [5.41, 5.74) is 2.19. The van der Waals surface area contributed by atoms with Crippen LogP contribution in [-0.4, -0.2) is 36.3 Å². The van der Waals surface area contributed by atoms with Gasteiger partial charge in [0.1, 0.15) is 0 Å². The number of nitrogens with zero attached hydrogens (tertiary/aromatic N) is 1. The summed E-state index contributed by atoms with van der Waals surface area (Å²) in [6, 6.07) is 7.93. The molecular weight excluding hydrogens is 252 g/mol. The lowest BCUT2D eigenvalue weighted by Gasteiger charge is -2.20. The van der Waals surface area contributed by atoms with E-state index in [1.165, 1.54) is 5.56 Å². The Morgan fingerprint density at radius 1 is 1.15 bits per heavy atom. The van der Waals surface area contributed by atoms with Crippen molar-refractivity contribution in [1.82, 2.24) is 10.2 Å². The van der Waals surface area contributed by atoms with Gasteiger partial charge in [-0.15, -0.1) is 0 Å². The zero-order valence-corrected chi connectivity index (χ0v) is 12.6. The molecule has 1 aromatic carbocycles. The quantitative estimate of drug-likeness (QED) is 0.827. The van der Waals surface area contributed by atoms with Gasteiger partial charge < -0.3 is 10.2 Å². The number of carbonyl (C=O) groups excluding carboxylic acids is 2. The van der Waals surface area contributed by atoms with E-state index in [1.807, 2.05) is 38.1 Å². The van der Waals surface area contributed by atoms with Gasteiger partial charge in [-0.1, -0.05) is 36.8 Å². The third kappa shape index (κ3) is 5.87. The number of nitrogens with one attached hydrogen (secondary N) is 1. The summed E-state index contributed by atoms with van der Waals surface area (Å²) in [4.78, 5) is 24.9. The van der Waals surface area contributed by atoms with Crippen molar-refractivity contribution < 1.29 is 9.59 Å². The summed E-state index contributed by atoms with van der Waals surface area (Å²) in [6.07, 6.45) is 1.31. The van der Waals surface area contributed by atoms with Gasteiger partial charge >= 0.3 is 0 Å². The van der Waals surface area contributed by atoms with Gasteiger partial charge in [0.2, 0.25) is 11.8 Å². The van der Waals surface area contributed by atoms with Gasteiger partial charge in [-0.05, 0) is 18.9 Å². The summed E-state index contributed by atoms with van der Waals surface area (Å²) in [5, 5.41) is 2.86. The molecule has 1 rings (SSSR count). The van der Waals surface area contributed by atoms with Crippen molar-refractivity contribution in [3.05, 3.63) is 35.4 Å². The fraction of sp³-hybridized carbons (Fsp3) is 0.500. The number of benzene rings is 1. The highest BCUT2D eigenvalue weighted by Crippen LogP contribution is 2.03. The standard InChI is InChI=1S/C16H24N2O2/c1-4-10-18(14(3)19)11-9-17-16(20)12-15-7-5-13(2)6-8-15/h5-8H,4,9-12H2,1-3H3,(H,17,20). The number of hydrogen-bond donors (Lipinski definition) is 1. The van der Waals surface area contributed by atoms with Gasteiger partial charge in [0.15, 0.2) is 0 Å². The van der Waals surface area contributed by atoms with E-state index in [1.54, 1.807) is 11.8 Å². The lowest BCUT2D eigenvalue weighted by Crippen LogP contribution is -2.38. The van der Waals surface area contributed by atoms with Crippen LogP contribution in [0.25, 0.3) is 0 Å². The summed E-state index contributed by atoms with van der Waals surface area (Å²) in [5.74, 6) is 0.0495. The van der Waals surface area contributed by atoms with Crippen LogP contribution in [0.15, 0.2) is 24.3 Å². The molecular formula is C16H24N2O2. The van der Waals surface area contributed by atoms with Gasteiger partial charge in [-0.2, -0.15) is 0 Å². The Hall–Kier alpha value is -1.84. The van der Waals surface area contributed by atoms with E-state index in [0.29, 0.717) is 19.5 Å². The van der Waals surface area contributed by atoms with Crippen molar-refractivity contribution >= 4 is 11.8 Å². The average Bonchev–Trinajstić information content (AvgIpc) is 2.40. The molecule has 0 aliphatic rings. The van der Waals surface area contributed by atoms with Gasteiger partial charge in [0.25, 0.3) is 0 Å². The molecule has 0 fully saturated rings. The zero-order chi connectivity index (χ0) is 15.0. The van der Waals surface area contributed by atoms with E-state index in [4.69, 9.17) is 0 Å². The number of amides is 2. The Kier molecular flexibility index (Phi) is 6.77. The highest BCUT2D eigenvalue weighted by Gasteiger charge is 2.08. The Labute approximate surface area is 121 Å². The molecule has 0 aliphatic heterocycles. The fourth-order valence-electron chi connectivity index (χ4n) is 1.98. The van der Waals surface area contributed by atoms with Gasteiger partial charge in [0, 0.05) is 26.6 Å². The lowest BCUT2D eigenvalue weighted by atomic mass is 10.1. The van der Waals surface area contributed by atoms with E-state index in [9.17, 15) is 9.59 Å². The highest BCUT2D eigenvalue weighted by molar-refractivity contribution is 5.78. The first-order valence-electron chi connectivity index (χ1n) is 7.10. The van der Waals surface area contributed by atoms with Crippen LogP contribution in [0.4, 0.5) is 0 Å². The number of rotatable bonds is 7. The molecule has 1 aromatic rings. The van der Waals surface area contributed by atoms with Gasteiger partial charge in [-0.25, -0.2) is 0 Å². The molecule has 20 heavy (non-hydrogen) atoms. The molecule has 0 aromatic heterocycles. The molecule has 0 bridgehead atoms. The fourth-order valence-corrected chi connectivity index (χ4v) is 1.98. The summed E-state index contributed by atoms with van der Waals surface area (Å²) >= 11 is 0. The highest BCUT2D eigenvalue weighted by atomic mass is 16.2. The summed E-state index contributed by atoms with van der Waals surface area (Å²) < 4.78 is 0. The summed E-state index contributed by atoms with van der Waals surface area (Å²) in [6.45, 7) is 7.43. The number of carbonyl (C=O) groups is 2. The van der Waals surface area contributed by atoms with Gasteiger partial charge in [-0.3, -0.25) is 9.59 Å². The van der Waals surface area contributed by atoms with Crippen molar-refractivity contribution in [2.75, 3.05) is 19.6 Å². The number of hydrogen-bond acceptors (Lipinski definition) is 2. The molecule has 0 saturated heterocycles. The topological polar surface area (TPSA) is 49.4 Å². The predicted octanol–water partition coefficient (Wildman–Crippen LogP) is 1.91. The van der Waals surface area contributed by atoms with Crippen molar-refractivity contribution in [2.24, 2.45) is 0 Å². The molecule has 0 unspecified atom stereocenters. The van der Waals surface area contributed by atoms with E-state index in [2.05, 4.69) is 5.32 Å². The van der Waals surface area contributed by atoms with E-state index >= 15 is 0 Å². The SMILES string of the molecule is CCCN(CCNC(=O)Cc1ccc(C)cc1)C(C)=O. The second-order valence-electron chi connectivity index (χ2n) is 5.02. The van der Waals surface area contributed by atoms with Crippen molar-refractivity contribution in [3.63, 3.8) is 0 Å². The first-order valence-corrected chi connectivity index (χ1v) is 7.10. The Morgan fingerprint density at radius 3 is 2.35 bits per heavy atom. The average molecular weight is 276 g/mol. The molecule has 0 radical (unpaired) electrons. The second kappa shape index (κ2) is 8.35. The molecule has 4 heteroatoms. The van der Waals surface area contributed by atoms with Crippen molar-refractivity contribution in [3.8, 4) is 0 Å². The maximum Gasteiger partial charge on any atom is 0.224 e. The largest absolute Gasteiger partial charge is 0.354 e. The molecule has 0 atom stereocenters. The van der Waals surface area contributed by atoms with Crippen LogP contribution in [0.5, 0.6) is 0 Å². The molecule has 2 amide bonds. The van der Waals surface area contributed by atoms with Crippen LogP contribution in [0, 0.1) is 6.92 Å². The van der Waals surface area contributed by atoms with Crippen molar-refractivity contribution in [2.45, 2.75) is 33.6 Å². The molecule has 4 nitrogen and oxygen atoms in total. The van der Waals surface area contributed by atoms with Gasteiger partial charge in [0.05, 0.1) is 6.42 Å². The first-order chi connectivity index (χ1) is 9.52. The summed E-state index contributed by atoms with van der Waals surface area (Å²) in [7, 11) is 0. The Bertz CT molecular complexity index is 440. The third-order valence-corrected chi connectivity index (χ3v) is 3.13. The minimum Gasteiger partial charge on any atom is -0.354 e. The second-order valence-corrected chi connectivity index (χ2v) is 5.02. The number of aryl methyl sites for hydroxylation is 1. The minimum atomic E-state index is -0.00569. The molecule has 110 valence electrons. The van der Waals surface area contributed by atoms with E-state index < -0.39 is 0 Å². The monoisotopic (exact) mass is 276 g/mol. The Morgan fingerprint density at radius 2 is 1.80 bits per heavy atom. The molecule has 0 spiro atoms. The lowest BCUT2D eigenvalue weighted by molar-refractivity contribution is -0.129. The Balaban J connectivity index is 2.32. The minimum absolute atomic E-state index is 0.00569. The predicted molar refractivity (Wildman–Crippen MR) is 80.4 cm³/mol.